The minimum Gasteiger partial charge on any atom is -0.357 e. The minimum atomic E-state index is 0.141. The largest absolute Gasteiger partial charge is 0.357 e. The van der Waals surface area contributed by atoms with Crippen LogP contribution in [0.15, 0.2) is 22.5 Å². The molecule has 6 heteroatoms. The number of nitrogens with one attached hydrogen (secondary N) is 3. The summed E-state index contributed by atoms with van der Waals surface area (Å²) in [7, 11) is 0. The second kappa shape index (κ2) is 11.1. The Morgan fingerprint density at radius 3 is 2.80 bits per heavy atom. The van der Waals surface area contributed by atoms with Crippen LogP contribution in [0.25, 0.3) is 0 Å². The van der Waals surface area contributed by atoms with E-state index < -0.39 is 0 Å². The van der Waals surface area contributed by atoms with Gasteiger partial charge in [0.25, 0.3) is 0 Å². The first-order valence-corrected chi connectivity index (χ1v) is 10.4. The Labute approximate surface area is 155 Å². The molecule has 1 aromatic rings. The molecule has 1 fully saturated rings. The van der Waals surface area contributed by atoms with Crippen molar-refractivity contribution in [2.75, 3.05) is 19.6 Å². The van der Waals surface area contributed by atoms with E-state index in [9.17, 15) is 4.79 Å². The Bertz CT molecular complexity index is 524. The maximum absolute atomic E-state index is 12.1. The number of carbonyl (C=O) groups is 1. The zero-order valence-electron chi connectivity index (χ0n) is 15.5. The Morgan fingerprint density at radius 1 is 1.32 bits per heavy atom. The van der Waals surface area contributed by atoms with Gasteiger partial charge in [-0.2, -0.15) is 0 Å². The van der Waals surface area contributed by atoms with E-state index in [1.165, 1.54) is 24.1 Å². The first kappa shape index (κ1) is 19.8. The van der Waals surface area contributed by atoms with Crippen LogP contribution in [0.3, 0.4) is 0 Å². The normalized spacial score (nSPS) is 17.1. The standard InChI is InChI=1S/C19H32N4OS/c1-3-20-19(22-14-15(2)17-10-7-13-25-17)21-12-11-18(24)23-16-8-5-4-6-9-16/h7,10,13,15-16H,3-6,8-9,11-12,14H2,1-2H3,(H,23,24)(H2,20,21,22). The van der Waals surface area contributed by atoms with Gasteiger partial charge < -0.3 is 16.0 Å². The summed E-state index contributed by atoms with van der Waals surface area (Å²) in [6.45, 7) is 6.40. The van der Waals surface area contributed by atoms with Gasteiger partial charge in [0.05, 0.1) is 6.54 Å². The summed E-state index contributed by atoms with van der Waals surface area (Å²) in [6, 6.07) is 4.62. The highest BCUT2D eigenvalue weighted by atomic mass is 32.1. The van der Waals surface area contributed by atoms with Crippen molar-refractivity contribution in [3.05, 3.63) is 22.4 Å². The zero-order valence-corrected chi connectivity index (χ0v) is 16.3. The van der Waals surface area contributed by atoms with Crippen LogP contribution in [0.4, 0.5) is 0 Å². The van der Waals surface area contributed by atoms with Crippen molar-refractivity contribution in [2.24, 2.45) is 4.99 Å². The molecular formula is C19H32N4OS. The van der Waals surface area contributed by atoms with Crippen molar-refractivity contribution in [2.45, 2.75) is 64.3 Å². The molecule has 0 bridgehead atoms. The lowest BCUT2D eigenvalue weighted by Gasteiger charge is -2.22. The Morgan fingerprint density at radius 2 is 2.12 bits per heavy atom. The summed E-state index contributed by atoms with van der Waals surface area (Å²) in [5, 5.41) is 11.8. The number of rotatable bonds is 8. The van der Waals surface area contributed by atoms with Crippen LogP contribution >= 0.6 is 11.3 Å². The molecular weight excluding hydrogens is 332 g/mol. The first-order valence-electron chi connectivity index (χ1n) is 9.54. The summed E-state index contributed by atoms with van der Waals surface area (Å²) < 4.78 is 0. The molecule has 1 aromatic heterocycles. The van der Waals surface area contributed by atoms with Crippen LogP contribution in [0.5, 0.6) is 0 Å². The van der Waals surface area contributed by atoms with E-state index in [-0.39, 0.29) is 5.91 Å². The number of hydrogen-bond acceptors (Lipinski definition) is 3. The van der Waals surface area contributed by atoms with Gasteiger partial charge in [0.1, 0.15) is 0 Å². The molecule has 1 saturated carbocycles. The molecule has 3 N–H and O–H groups in total. The molecule has 25 heavy (non-hydrogen) atoms. The molecule has 1 atom stereocenters. The van der Waals surface area contributed by atoms with Gasteiger partial charge in [-0.05, 0) is 31.2 Å². The van der Waals surface area contributed by atoms with E-state index in [2.05, 4.69) is 52.3 Å². The van der Waals surface area contributed by atoms with E-state index in [0.717, 1.165) is 31.9 Å². The third-order valence-electron chi connectivity index (χ3n) is 4.51. The van der Waals surface area contributed by atoms with Crippen LogP contribution in [-0.4, -0.2) is 37.5 Å². The second-order valence-electron chi connectivity index (χ2n) is 6.72. The van der Waals surface area contributed by atoms with Gasteiger partial charge >= 0.3 is 0 Å². The van der Waals surface area contributed by atoms with Crippen molar-refractivity contribution >= 4 is 23.2 Å². The lowest BCUT2D eigenvalue weighted by atomic mass is 9.95. The SMILES string of the molecule is CCNC(=NCC(C)c1cccs1)NCCC(=O)NC1CCCCC1. The fourth-order valence-electron chi connectivity index (χ4n) is 3.07. The summed E-state index contributed by atoms with van der Waals surface area (Å²) in [5.41, 5.74) is 0. The van der Waals surface area contributed by atoms with E-state index in [1.807, 2.05) is 0 Å². The topological polar surface area (TPSA) is 65.5 Å². The molecule has 1 aliphatic carbocycles. The molecule has 0 aliphatic heterocycles. The van der Waals surface area contributed by atoms with Crippen LogP contribution in [0.2, 0.25) is 0 Å². The summed E-state index contributed by atoms with van der Waals surface area (Å²) in [6.07, 6.45) is 6.53. The van der Waals surface area contributed by atoms with Crippen molar-refractivity contribution in [1.82, 2.24) is 16.0 Å². The first-order chi connectivity index (χ1) is 12.2. The third kappa shape index (κ3) is 7.46. The molecule has 0 saturated heterocycles. The maximum Gasteiger partial charge on any atom is 0.221 e. The van der Waals surface area contributed by atoms with Crippen molar-refractivity contribution < 1.29 is 4.79 Å². The lowest BCUT2D eigenvalue weighted by Crippen LogP contribution is -2.41. The molecule has 0 radical (unpaired) electrons. The number of thiophene rings is 1. The predicted molar refractivity (Wildman–Crippen MR) is 106 cm³/mol. The van der Waals surface area contributed by atoms with Crippen LogP contribution in [-0.2, 0) is 4.79 Å². The Hall–Kier alpha value is -1.56. The summed E-state index contributed by atoms with van der Waals surface area (Å²) in [4.78, 5) is 18.1. The second-order valence-corrected chi connectivity index (χ2v) is 7.69. The average molecular weight is 365 g/mol. The summed E-state index contributed by atoms with van der Waals surface area (Å²) >= 11 is 1.77. The van der Waals surface area contributed by atoms with Gasteiger partial charge in [0.15, 0.2) is 5.96 Å². The highest BCUT2D eigenvalue weighted by Crippen LogP contribution is 2.20. The smallest absolute Gasteiger partial charge is 0.221 e. The number of nitrogens with zero attached hydrogens (tertiary/aromatic N) is 1. The van der Waals surface area contributed by atoms with Gasteiger partial charge in [-0.15, -0.1) is 11.3 Å². The zero-order chi connectivity index (χ0) is 17.9. The fraction of sp³-hybridized carbons (Fsp3) is 0.684. The number of hydrogen-bond donors (Lipinski definition) is 3. The molecule has 1 unspecified atom stereocenters. The summed E-state index contributed by atoms with van der Waals surface area (Å²) in [5.74, 6) is 1.34. The maximum atomic E-state index is 12.1. The molecule has 0 spiro atoms. The van der Waals surface area contributed by atoms with Crippen LogP contribution in [0, 0.1) is 0 Å². The fourth-order valence-corrected chi connectivity index (χ4v) is 3.85. The van der Waals surface area contributed by atoms with Gasteiger partial charge in [-0.25, -0.2) is 0 Å². The van der Waals surface area contributed by atoms with Crippen molar-refractivity contribution in [3.8, 4) is 0 Å². The molecule has 5 nitrogen and oxygen atoms in total. The lowest BCUT2D eigenvalue weighted by molar-refractivity contribution is -0.121. The van der Waals surface area contributed by atoms with Gasteiger partial charge in [-0.1, -0.05) is 32.3 Å². The number of amides is 1. The quantitative estimate of drug-likeness (QED) is 0.490. The predicted octanol–water partition coefficient (Wildman–Crippen LogP) is 3.25. The van der Waals surface area contributed by atoms with Crippen LogP contribution < -0.4 is 16.0 Å². The Kier molecular flexibility index (Phi) is 8.80. The van der Waals surface area contributed by atoms with Gasteiger partial charge in [0, 0.05) is 36.3 Å². The van der Waals surface area contributed by atoms with Crippen molar-refractivity contribution in [1.29, 1.82) is 0 Å². The van der Waals surface area contributed by atoms with Gasteiger partial charge in [-0.3, -0.25) is 9.79 Å². The average Bonchev–Trinajstić information content (AvgIpc) is 3.15. The van der Waals surface area contributed by atoms with Crippen molar-refractivity contribution in [3.63, 3.8) is 0 Å². The van der Waals surface area contributed by atoms with E-state index in [4.69, 9.17) is 0 Å². The molecule has 0 aromatic carbocycles. The van der Waals surface area contributed by atoms with Gasteiger partial charge in [0.2, 0.25) is 5.91 Å². The third-order valence-corrected chi connectivity index (χ3v) is 5.61. The molecule has 1 amide bonds. The molecule has 1 aliphatic rings. The van der Waals surface area contributed by atoms with E-state index in [1.54, 1.807) is 11.3 Å². The van der Waals surface area contributed by atoms with Crippen LogP contribution in [0.1, 0.15) is 63.2 Å². The monoisotopic (exact) mass is 364 g/mol. The highest BCUT2D eigenvalue weighted by molar-refractivity contribution is 7.10. The minimum absolute atomic E-state index is 0.141. The Balaban J connectivity index is 1.70. The number of carbonyl (C=O) groups excluding carboxylic acids is 1. The molecule has 2 rings (SSSR count). The van der Waals surface area contributed by atoms with E-state index in [0.29, 0.717) is 24.9 Å². The highest BCUT2D eigenvalue weighted by Gasteiger charge is 2.15. The molecule has 1 heterocycles. The van der Waals surface area contributed by atoms with E-state index >= 15 is 0 Å². The molecule has 140 valence electrons. The number of guanidine groups is 1. The number of aliphatic imine (C=N–C) groups is 1.